The summed E-state index contributed by atoms with van der Waals surface area (Å²) >= 11 is 6.53. The highest BCUT2D eigenvalue weighted by atomic mass is 35.5. The molecule has 0 aliphatic carbocycles. The lowest BCUT2D eigenvalue weighted by Crippen LogP contribution is -2.10. The number of aliphatic imine (C=N–C) groups is 1. The molecule has 3 aromatic heterocycles. The first-order valence-corrected chi connectivity index (χ1v) is 11.7. The number of pyridine rings is 1. The number of aromatic nitrogens is 5. The molecule has 1 aliphatic rings. The summed E-state index contributed by atoms with van der Waals surface area (Å²) in [6.45, 7) is 1.65. The predicted octanol–water partition coefficient (Wildman–Crippen LogP) is 4.50. The zero-order valence-electron chi connectivity index (χ0n) is 19.5. The summed E-state index contributed by atoms with van der Waals surface area (Å²) in [6, 6.07) is 10.2. The monoisotopic (exact) mass is 506 g/mol. The Labute approximate surface area is 212 Å². The number of rotatable bonds is 6. The molecule has 0 saturated carbocycles. The number of para-hydroxylation sites is 1. The Bertz CT molecular complexity index is 1460. The first-order chi connectivity index (χ1) is 17.6. The van der Waals surface area contributed by atoms with E-state index in [1.807, 2.05) is 16.7 Å². The van der Waals surface area contributed by atoms with Crippen molar-refractivity contribution in [1.82, 2.24) is 24.3 Å². The third-order valence-electron chi connectivity index (χ3n) is 5.84. The maximum absolute atomic E-state index is 14.0. The molecule has 0 saturated heterocycles. The average Bonchev–Trinajstić information content (AvgIpc) is 3.44. The fraction of sp³-hybridized carbons (Fsp3) is 0.200. The van der Waals surface area contributed by atoms with Gasteiger partial charge in [-0.2, -0.15) is 0 Å². The highest BCUT2D eigenvalue weighted by Gasteiger charge is 2.22. The minimum atomic E-state index is -0.411. The van der Waals surface area contributed by atoms with Gasteiger partial charge in [-0.25, -0.2) is 9.37 Å². The molecule has 1 aromatic carbocycles. The second kappa shape index (κ2) is 10.2. The van der Waals surface area contributed by atoms with Crippen LogP contribution in [0.4, 0.5) is 10.2 Å². The standard InChI is InChI=1S/C25H24ClFN8O/c1-29-22(7-8-28)31-23-12-17(18(26)13-30-23)16-11-20-25-33-32-24(35(25)10-4-9-34(20)14-16)15-36-21-6-3-2-5-19(21)27/h2-3,5-8,11-14H,4,9-10,15,28H2,1H3,(H,29,30,31). The number of nitrogens with one attached hydrogen (secondary N) is 1. The van der Waals surface area contributed by atoms with E-state index < -0.39 is 5.82 Å². The van der Waals surface area contributed by atoms with Gasteiger partial charge in [0.25, 0.3) is 0 Å². The van der Waals surface area contributed by atoms with Crippen LogP contribution >= 0.6 is 11.6 Å². The molecule has 0 bridgehead atoms. The van der Waals surface area contributed by atoms with Crippen molar-refractivity contribution in [3.8, 4) is 28.4 Å². The first-order valence-electron chi connectivity index (χ1n) is 11.4. The number of nitrogens with zero attached hydrogens (tertiary/aromatic N) is 6. The summed E-state index contributed by atoms with van der Waals surface area (Å²) in [5.41, 5.74) is 8.14. The van der Waals surface area contributed by atoms with Gasteiger partial charge >= 0.3 is 0 Å². The van der Waals surface area contributed by atoms with E-state index in [-0.39, 0.29) is 12.4 Å². The van der Waals surface area contributed by atoms with Crippen LogP contribution in [0.1, 0.15) is 12.2 Å². The van der Waals surface area contributed by atoms with Crippen LogP contribution in [0.15, 0.2) is 66.1 Å². The minimum absolute atomic E-state index is 0.116. The lowest BCUT2D eigenvalue weighted by Gasteiger charge is -2.09. The van der Waals surface area contributed by atoms with E-state index in [0.29, 0.717) is 22.5 Å². The molecule has 4 heterocycles. The van der Waals surface area contributed by atoms with Crippen molar-refractivity contribution in [3.05, 3.63) is 77.7 Å². The summed E-state index contributed by atoms with van der Waals surface area (Å²) in [4.78, 5) is 8.49. The summed E-state index contributed by atoms with van der Waals surface area (Å²) in [6.07, 6.45) is 7.58. The number of fused-ring (bicyclic) bond motifs is 3. The molecule has 0 fully saturated rings. The van der Waals surface area contributed by atoms with E-state index in [1.165, 1.54) is 12.3 Å². The van der Waals surface area contributed by atoms with Crippen molar-refractivity contribution in [2.24, 2.45) is 10.7 Å². The Hall–Kier alpha value is -4.18. The smallest absolute Gasteiger partial charge is 0.180 e. The number of benzene rings is 1. The lowest BCUT2D eigenvalue weighted by molar-refractivity contribution is 0.274. The van der Waals surface area contributed by atoms with Gasteiger partial charge in [0.15, 0.2) is 23.2 Å². The number of halogens is 2. The maximum Gasteiger partial charge on any atom is 0.180 e. The van der Waals surface area contributed by atoms with Gasteiger partial charge < -0.3 is 24.9 Å². The molecule has 5 rings (SSSR count). The van der Waals surface area contributed by atoms with Crippen LogP contribution in [0.2, 0.25) is 5.02 Å². The molecule has 0 unspecified atom stereocenters. The number of hydrogen-bond donors (Lipinski definition) is 2. The summed E-state index contributed by atoms with van der Waals surface area (Å²) < 4.78 is 23.8. The SMILES string of the molecule is CN=C(C=CN)Nc1cc(-c2cc3n(c2)CCCn2c(COc4ccccc4F)nnc2-3)c(Cl)cn1. The molecule has 1 aliphatic heterocycles. The number of nitrogens with two attached hydrogens (primary N) is 1. The van der Waals surface area contributed by atoms with Gasteiger partial charge in [0.05, 0.1) is 10.7 Å². The highest BCUT2D eigenvalue weighted by molar-refractivity contribution is 6.33. The topological polar surface area (TPSA) is 108 Å². The summed E-state index contributed by atoms with van der Waals surface area (Å²) in [5.74, 6) is 2.30. The van der Waals surface area contributed by atoms with Crippen LogP contribution in [0.5, 0.6) is 5.75 Å². The van der Waals surface area contributed by atoms with Crippen molar-refractivity contribution in [3.63, 3.8) is 0 Å². The van der Waals surface area contributed by atoms with Gasteiger partial charge in [-0.3, -0.25) is 4.99 Å². The Morgan fingerprint density at radius 2 is 2.14 bits per heavy atom. The largest absolute Gasteiger partial charge is 0.483 e. The van der Waals surface area contributed by atoms with E-state index in [4.69, 9.17) is 22.1 Å². The summed E-state index contributed by atoms with van der Waals surface area (Å²) in [7, 11) is 1.66. The molecule has 4 aromatic rings. The second-order valence-corrected chi connectivity index (χ2v) is 8.52. The molecule has 11 heteroatoms. The van der Waals surface area contributed by atoms with E-state index in [9.17, 15) is 4.39 Å². The van der Waals surface area contributed by atoms with Gasteiger partial charge in [-0.15, -0.1) is 10.2 Å². The molecule has 0 radical (unpaired) electrons. The number of hydrogen-bond acceptors (Lipinski definition) is 6. The zero-order valence-corrected chi connectivity index (χ0v) is 20.3. The molecule has 0 amide bonds. The molecular weight excluding hydrogens is 483 g/mol. The van der Waals surface area contributed by atoms with Crippen LogP contribution in [-0.2, 0) is 19.7 Å². The fourth-order valence-electron chi connectivity index (χ4n) is 4.12. The highest BCUT2D eigenvalue weighted by Crippen LogP contribution is 2.35. The third-order valence-corrected chi connectivity index (χ3v) is 6.15. The normalized spacial score (nSPS) is 13.4. The maximum atomic E-state index is 14.0. The zero-order chi connectivity index (χ0) is 25.1. The van der Waals surface area contributed by atoms with E-state index in [0.717, 1.165) is 42.2 Å². The first kappa shape index (κ1) is 23.6. The van der Waals surface area contributed by atoms with Crippen LogP contribution in [0.25, 0.3) is 22.6 Å². The van der Waals surface area contributed by atoms with Gasteiger partial charge in [-0.05, 0) is 43.0 Å². The van der Waals surface area contributed by atoms with Crippen LogP contribution in [0, 0.1) is 5.82 Å². The van der Waals surface area contributed by atoms with Crippen molar-refractivity contribution in [1.29, 1.82) is 0 Å². The van der Waals surface area contributed by atoms with Crippen LogP contribution in [0.3, 0.4) is 0 Å². The Balaban J connectivity index is 1.44. The fourth-order valence-corrected chi connectivity index (χ4v) is 4.34. The molecule has 184 valence electrons. The molecule has 3 N–H and O–H groups in total. The molecule has 0 atom stereocenters. The third kappa shape index (κ3) is 4.67. The molecule has 0 spiro atoms. The minimum Gasteiger partial charge on any atom is -0.483 e. The van der Waals surface area contributed by atoms with Gasteiger partial charge in [0, 0.05) is 43.7 Å². The Kier molecular flexibility index (Phi) is 6.68. The second-order valence-electron chi connectivity index (χ2n) is 8.11. The van der Waals surface area contributed by atoms with Crippen molar-refractivity contribution in [2.45, 2.75) is 26.1 Å². The Morgan fingerprint density at radius 3 is 2.94 bits per heavy atom. The van der Waals surface area contributed by atoms with Crippen LogP contribution < -0.4 is 15.8 Å². The van der Waals surface area contributed by atoms with Crippen LogP contribution in [-0.4, -0.2) is 37.2 Å². The van der Waals surface area contributed by atoms with Gasteiger partial charge in [0.2, 0.25) is 0 Å². The lowest BCUT2D eigenvalue weighted by atomic mass is 10.1. The van der Waals surface area contributed by atoms with Crippen molar-refractivity contribution < 1.29 is 9.13 Å². The molecule has 9 nitrogen and oxygen atoms in total. The average molecular weight is 507 g/mol. The predicted molar refractivity (Wildman–Crippen MR) is 137 cm³/mol. The quantitative estimate of drug-likeness (QED) is 0.294. The van der Waals surface area contributed by atoms with E-state index >= 15 is 0 Å². The molecule has 36 heavy (non-hydrogen) atoms. The van der Waals surface area contributed by atoms with Crippen molar-refractivity contribution in [2.75, 3.05) is 12.4 Å². The van der Waals surface area contributed by atoms with Gasteiger partial charge in [0.1, 0.15) is 18.3 Å². The number of aryl methyl sites for hydroxylation is 1. The molecular formula is C25H24ClFN8O. The van der Waals surface area contributed by atoms with Gasteiger partial charge in [-0.1, -0.05) is 23.7 Å². The van der Waals surface area contributed by atoms with E-state index in [1.54, 1.807) is 37.5 Å². The summed E-state index contributed by atoms with van der Waals surface area (Å²) in [5, 5.41) is 12.4. The Morgan fingerprint density at radius 1 is 1.28 bits per heavy atom. The van der Waals surface area contributed by atoms with E-state index in [2.05, 4.69) is 36.3 Å². The number of amidine groups is 1. The number of ether oxygens (including phenoxy) is 1. The van der Waals surface area contributed by atoms with Crippen molar-refractivity contribution >= 4 is 23.3 Å². The number of anilines is 1.